The van der Waals surface area contributed by atoms with Crippen molar-refractivity contribution in [2.45, 2.75) is 55.7 Å². The van der Waals surface area contributed by atoms with Crippen LogP contribution in [0.2, 0.25) is 0 Å². The van der Waals surface area contributed by atoms with Gasteiger partial charge in [-0.15, -0.1) is 0 Å². The van der Waals surface area contributed by atoms with Gasteiger partial charge in [-0.05, 0) is 25.7 Å². The molecule has 118 valence electrons. The third kappa shape index (κ3) is 2.67. The van der Waals surface area contributed by atoms with Crippen LogP contribution in [0.3, 0.4) is 0 Å². The van der Waals surface area contributed by atoms with E-state index in [9.17, 15) is 18.0 Å². The van der Waals surface area contributed by atoms with Gasteiger partial charge in [-0.2, -0.15) is 0 Å². The van der Waals surface area contributed by atoms with E-state index in [2.05, 4.69) is 5.32 Å². The molecular weight excluding hydrogens is 292 g/mol. The molecule has 3 aliphatic rings. The van der Waals surface area contributed by atoms with E-state index >= 15 is 0 Å². The van der Waals surface area contributed by atoms with Crippen LogP contribution in [0.4, 0.5) is 0 Å². The molecule has 2 heterocycles. The molecule has 1 spiro atoms. The van der Waals surface area contributed by atoms with Crippen LogP contribution in [0.5, 0.6) is 0 Å². The lowest BCUT2D eigenvalue weighted by atomic mass is 9.95. The van der Waals surface area contributed by atoms with Gasteiger partial charge in [-0.1, -0.05) is 12.8 Å². The van der Waals surface area contributed by atoms with Crippen molar-refractivity contribution in [2.75, 3.05) is 18.8 Å². The maximum Gasteiger partial charge on any atom is 0.248 e. The lowest BCUT2D eigenvalue weighted by Gasteiger charge is -2.32. The van der Waals surface area contributed by atoms with Crippen molar-refractivity contribution in [1.29, 1.82) is 0 Å². The summed E-state index contributed by atoms with van der Waals surface area (Å²) in [5.74, 6) is 0.0529. The van der Waals surface area contributed by atoms with Crippen LogP contribution >= 0.6 is 0 Å². The van der Waals surface area contributed by atoms with Crippen molar-refractivity contribution in [3.63, 3.8) is 0 Å². The van der Waals surface area contributed by atoms with Gasteiger partial charge in [0.15, 0.2) is 9.84 Å². The van der Waals surface area contributed by atoms with Crippen molar-refractivity contribution < 1.29 is 18.0 Å². The third-order valence-electron chi connectivity index (χ3n) is 5.03. The highest BCUT2D eigenvalue weighted by Gasteiger charge is 2.47. The van der Waals surface area contributed by atoms with Crippen LogP contribution in [-0.4, -0.2) is 54.8 Å². The number of carbonyl (C=O) groups excluding carboxylic acids is 2. The molecule has 1 atom stereocenters. The summed E-state index contributed by atoms with van der Waals surface area (Å²) in [6.45, 7) is 0.580. The monoisotopic (exact) mass is 314 g/mol. The maximum atomic E-state index is 12.8. The Morgan fingerprint density at radius 1 is 1.19 bits per heavy atom. The largest absolute Gasteiger partial charge is 0.342 e. The van der Waals surface area contributed by atoms with Gasteiger partial charge in [0, 0.05) is 19.5 Å². The zero-order chi connectivity index (χ0) is 15.1. The van der Waals surface area contributed by atoms with Crippen molar-refractivity contribution in [1.82, 2.24) is 10.2 Å². The predicted molar refractivity (Wildman–Crippen MR) is 77.3 cm³/mol. The number of hydrogen-bond donors (Lipinski definition) is 1. The molecule has 0 radical (unpaired) electrons. The van der Waals surface area contributed by atoms with Gasteiger partial charge >= 0.3 is 0 Å². The normalized spacial score (nSPS) is 31.4. The van der Waals surface area contributed by atoms with Gasteiger partial charge in [0.25, 0.3) is 0 Å². The Morgan fingerprint density at radius 3 is 2.52 bits per heavy atom. The van der Waals surface area contributed by atoms with Gasteiger partial charge in [0.2, 0.25) is 11.8 Å². The van der Waals surface area contributed by atoms with Crippen LogP contribution in [-0.2, 0) is 19.4 Å². The van der Waals surface area contributed by atoms with Crippen LogP contribution in [0, 0.1) is 0 Å². The zero-order valence-electron chi connectivity index (χ0n) is 12.1. The van der Waals surface area contributed by atoms with E-state index in [1.165, 1.54) is 0 Å². The molecule has 7 heteroatoms. The highest BCUT2D eigenvalue weighted by molar-refractivity contribution is 7.92. The van der Waals surface area contributed by atoms with Gasteiger partial charge in [0.05, 0.1) is 11.0 Å². The van der Waals surface area contributed by atoms with E-state index in [4.69, 9.17) is 0 Å². The molecule has 0 aromatic carbocycles. The van der Waals surface area contributed by atoms with E-state index in [0.717, 1.165) is 12.8 Å². The molecule has 1 aliphatic carbocycles. The average Bonchev–Trinajstić information content (AvgIpc) is 2.98. The maximum absolute atomic E-state index is 12.8. The van der Waals surface area contributed by atoms with Crippen LogP contribution < -0.4 is 5.32 Å². The average molecular weight is 314 g/mol. The first-order valence-electron chi connectivity index (χ1n) is 7.75. The summed E-state index contributed by atoms with van der Waals surface area (Å²) in [7, 11) is -3.07. The SMILES string of the molecule is O=C1CCN(CC2CCCS2(=O)=O)C(=O)C2(CCCC2)N1. The van der Waals surface area contributed by atoms with E-state index in [1.54, 1.807) is 4.90 Å². The number of hydrogen-bond acceptors (Lipinski definition) is 4. The van der Waals surface area contributed by atoms with Gasteiger partial charge in [-0.25, -0.2) is 8.42 Å². The fraction of sp³-hybridized carbons (Fsp3) is 0.857. The summed E-state index contributed by atoms with van der Waals surface area (Å²) >= 11 is 0. The zero-order valence-corrected chi connectivity index (χ0v) is 13.0. The Bertz CT molecular complexity index is 551. The Labute approximate surface area is 125 Å². The lowest BCUT2D eigenvalue weighted by Crippen LogP contribution is -2.56. The molecule has 6 nitrogen and oxygen atoms in total. The smallest absolute Gasteiger partial charge is 0.248 e. The molecule has 0 aromatic rings. The molecule has 21 heavy (non-hydrogen) atoms. The Morgan fingerprint density at radius 2 is 1.90 bits per heavy atom. The number of nitrogens with one attached hydrogen (secondary N) is 1. The first-order chi connectivity index (χ1) is 9.93. The van der Waals surface area contributed by atoms with Crippen LogP contribution in [0.25, 0.3) is 0 Å². The second-order valence-corrected chi connectivity index (χ2v) is 8.87. The number of amides is 2. The third-order valence-corrected chi connectivity index (χ3v) is 7.29. The fourth-order valence-electron chi connectivity index (χ4n) is 3.82. The number of rotatable bonds is 2. The summed E-state index contributed by atoms with van der Waals surface area (Å²) in [6.07, 6.45) is 4.78. The minimum atomic E-state index is -3.07. The first kappa shape index (κ1) is 14.8. The number of carbonyl (C=O) groups is 2. The molecule has 1 unspecified atom stereocenters. The van der Waals surface area contributed by atoms with Crippen LogP contribution in [0.1, 0.15) is 44.9 Å². The summed E-state index contributed by atoms with van der Waals surface area (Å²) in [6, 6.07) is 0. The highest BCUT2D eigenvalue weighted by Crippen LogP contribution is 2.33. The topological polar surface area (TPSA) is 83.6 Å². The minimum Gasteiger partial charge on any atom is -0.342 e. The van der Waals surface area contributed by atoms with Gasteiger partial charge in [-0.3, -0.25) is 9.59 Å². The molecular formula is C14H22N2O4S. The van der Waals surface area contributed by atoms with Crippen molar-refractivity contribution in [3.05, 3.63) is 0 Å². The summed E-state index contributed by atoms with van der Waals surface area (Å²) in [5.41, 5.74) is -0.768. The second-order valence-electron chi connectivity index (χ2n) is 6.47. The van der Waals surface area contributed by atoms with E-state index in [0.29, 0.717) is 32.2 Å². The van der Waals surface area contributed by atoms with E-state index in [1.807, 2.05) is 0 Å². The Hall–Kier alpha value is -1.11. The molecule has 2 saturated heterocycles. The predicted octanol–water partition coefficient (Wildman–Crippen LogP) is 0.225. The quantitative estimate of drug-likeness (QED) is 0.790. The molecule has 3 fully saturated rings. The molecule has 0 aromatic heterocycles. The van der Waals surface area contributed by atoms with E-state index < -0.39 is 20.6 Å². The number of sulfone groups is 1. The molecule has 0 bridgehead atoms. The van der Waals surface area contributed by atoms with Crippen molar-refractivity contribution >= 4 is 21.7 Å². The standard InChI is InChI=1S/C14H22N2O4S/c17-12-5-8-16(10-11-4-3-9-21(11,19)20)13(18)14(15-12)6-1-2-7-14/h11H,1-10H2,(H,15,17). The Kier molecular flexibility index (Phi) is 3.71. The minimum absolute atomic E-state index is 0.0760. The molecule has 1 saturated carbocycles. The van der Waals surface area contributed by atoms with Crippen molar-refractivity contribution in [2.24, 2.45) is 0 Å². The number of nitrogens with zero attached hydrogens (tertiary/aromatic N) is 1. The van der Waals surface area contributed by atoms with Gasteiger partial charge in [0.1, 0.15) is 5.54 Å². The summed E-state index contributed by atoms with van der Waals surface area (Å²) in [5, 5.41) is 2.45. The molecule has 2 aliphatic heterocycles. The lowest BCUT2D eigenvalue weighted by molar-refractivity contribution is -0.138. The van der Waals surface area contributed by atoms with Crippen LogP contribution in [0.15, 0.2) is 0 Å². The molecule has 3 rings (SSSR count). The highest BCUT2D eigenvalue weighted by atomic mass is 32.2. The van der Waals surface area contributed by atoms with Gasteiger partial charge < -0.3 is 10.2 Å². The summed E-state index contributed by atoms with van der Waals surface area (Å²) < 4.78 is 24.0. The Balaban J connectivity index is 1.81. The molecule has 2 amide bonds. The fourth-order valence-corrected chi connectivity index (χ4v) is 5.66. The van der Waals surface area contributed by atoms with Crippen molar-refractivity contribution in [3.8, 4) is 0 Å². The molecule has 1 N–H and O–H groups in total. The second kappa shape index (κ2) is 5.26. The van der Waals surface area contributed by atoms with E-state index in [-0.39, 0.29) is 30.5 Å². The first-order valence-corrected chi connectivity index (χ1v) is 9.46. The summed E-state index contributed by atoms with van der Waals surface area (Å²) in [4.78, 5) is 26.3.